The van der Waals surface area contributed by atoms with Crippen molar-refractivity contribution in [3.63, 3.8) is 0 Å². The zero-order chi connectivity index (χ0) is 23.6. The molecule has 8 heteroatoms. The van der Waals surface area contributed by atoms with Gasteiger partial charge in [-0.1, -0.05) is 49.7 Å². The average molecular weight is 456 g/mol. The summed E-state index contributed by atoms with van der Waals surface area (Å²) in [6, 6.07) is 12.4. The Kier molecular flexibility index (Phi) is 6.62. The largest absolute Gasteiger partial charge is 0.492 e. The van der Waals surface area contributed by atoms with E-state index in [0.29, 0.717) is 17.7 Å². The van der Waals surface area contributed by atoms with Crippen LogP contribution in [0.15, 0.2) is 72.2 Å². The van der Waals surface area contributed by atoms with E-state index in [2.05, 4.69) is 16.4 Å². The molecule has 0 saturated carbocycles. The Hall–Kier alpha value is -2.90. The molecular weight excluding hydrogens is 434 g/mol. The molecule has 1 aliphatic carbocycles. The minimum absolute atomic E-state index is 0.286. The SMILES string of the molecule is CCCc1ccc(-c2ccc(C(F)(F)OC3=CC=C(OCC)C(F)(F)C3(F)F)cc2)cc1. The molecule has 0 radical (unpaired) electrons. The summed E-state index contributed by atoms with van der Waals surface area (Å²) in [7, 11) is 0. The molecule has 2 aromatic carbocycles. The van der Waals surface area contributed by atoms with Crippen molar-refractivity contribution in [2.45, 2.75) is 44.6 Å². The molecule has 2 nitrogen and oxygen atoms in total. The zero-order valence-corrected chi connectivity index (χ0v) is 17.5. The Morgan fingerprint density at radius 3 is 1.78 bits per heavy atom. The van der Waals surface area contributed by atoms with Crippen molar-refractivity contribution in [2.24, 2.45) is 0 Å². The van der Waals surface area contributed by atoms with Crippen molar-refractivity contribution in [1.29, 1.82) is 0 Å². The van der Waals surface area contributed by atoms with Gasteiger partial charge in [0, 0.05) is 0 Å². The number of aryl methyl sites for hydroxylation is 1. The van der Waals surface area contributed by atoms with Crippen LogP contribution in [0.5, 0.6) is 0 Å². The molecule has 1 aliphatic rings. The second kappa shape index (κ2) is 8.92. The van der Waals surface area contributed by atoms with Crippen molar-refractivity contribution in [1.82, 2.24) is 0 Å². The van der Waals surface area contributed by atoms with Crippen LogP contribution < -0.4 is 0 Å². The van der Waals surface area contributed by atoms with Crippen LogP contribution in [-0.4, -0.2) is 18.5 Å². The lowest BCUT2D eigenvalue weighted by atomic mass is 10.0. The maximum absolute atomic E-state index is 14.6. The fourth-order valence-corrected chi connectivity index (χ4v) is 3.27. The molecule has 0 unspecified atom stereocenters. The minimum atomic E-state index is -5.00. The Morgan fingerprint density at radius 1 is 0.750 bits per heavy atom. The predicted octanol–water partition coefficient (Wildman–Crippen LogP) is 7.46. The van der Waals surface area contributed by atoms with Crippen molar-refractivity contribution in [3.8, 4) is 11.1 Å². The molecule has 0 N–H and O–H groups in total. The maximum Gasteiger partial charge on any atom is 0.426 e. The van der Waals surface area contributed by atoms with Crippen LogP contribution in [0.25, 0.3) is 11.1 Å². The normalized spacial score (nSPS) is 17.4. The summed E-state index contributed by atoms with van der Waals surface area (Å²) in [6.45, 7) is 3.11. The van der Waals surface area contributed by atoms with E-state index in [9.17, 15) is 26.3 Å². The fourth-order valence-electron chi connectivity index (χ4n) is 3.27. The summed E-state index contributed by atoms with van der Waals surface area (Å²) in [5, 5.41) is 0. The third-order valence-corrected chi connectivity index (χ3v) is 4.98. The Balaban J connectivity index is 1.82. The lowest BCUT2D eigenvalue weighted by Gasteiger charge is -2.33. The first kappa shape index (κ1) is 23.8. The summed E-state index contributed by atoms with van der Waals surface area (Å²) in [6.07, 6.45) is -1.46. The van der Waals surface area contributed by atoms with Crippen LogP contribution in [0.4, 0.5) is 26.3 Å². The summed E-state index contributed by atoms with van der Waals surface area (Å²) in [4.78, 5) is 0. The van der Waals surface area contributed by atoms with Gasteiger partial charge in [-0.25, -0.2) is 0 Å². The quantitative estimate of drug-likeness (QED) is 0.384. The van der Waals surface area contributed by atoms with E-state index >= 15 is 0 Å². The molecule has 0 amide bonds. The van der Waals surface area contributed by atoms with Gasteiger partial charge in [-0.3, -0.25) is 0 Å². The highest BCUT2D eigenvalue weighted by Crippen LogP contribution is 2.50. The summed E-state index contributed by atoms with van der Waals surface area (Å²) < 4.78 is 94.4. The molecule has 0 aromatic heterocycles. The van der Waals surface area contributed by atoms with Crippen LogP contribution in [0.2, 0.25) is 0 Å². The third-order valence-electron chi connectivity index (χ3n) is 4.98. The topological polar surface area (TPSA) is 18.5 Å². The molecule has 0 fully saturated rings. The molecule has 0 bridgehead atoms. The number of benzene rings is 2. The van der Waals surface area contributed by atoms with Gasteiger partial charge < -0.3 is 9.47 Å². The number of allylic oxidation sites excluding steroid dienone is 4. The molecule has 0 atom stereocenters. The maximum atomic E-state index is 14.6. The number of ether oxygens (including phenoxy) is 2. The Labute approximate surface area is 182 Å². The van der Waals surface area contributed by atoms with Gasteiger partial charge in [0.25, 0.3) is 0 Å². The van der Waals surface area contributed by atoms with Gasteiger partial charge in [0.05, 0.1) is 12.2 Å². The molecule has 0 aliphatic heterocycles. The Morgan fingerprint density at radius 2 is 1.25 bits per heavy atom. The first-order chi connectivity index (χ1) is 15.0. The number of halogens is 6. The third kappa shape index (κ3) is 4.49. The zero-order valence-electron chi connectivity index (χ0n) is 17.5. The van der Waals surface area contributed by atoms with E-state index in [0.717, 1.165) is 36.1 Å². The summed E-state index contributed by atoms with van der Waals surface area (Å²) in [5.74, 6) is -13.0. The lowest BCUT2D eigenvalue weighted by Crippen LogP contribution is -2.47. The van der Waals surface area contributed by atoms with Gasteiger partial charge in [0.2, 0.25) is 0 Å². The number of hydrogen-bond acceptors (Lipinski definition) is 2. The number of rotatable bonds is 8. The number of hydrogen-bond donors (Lipinski definition) is 0. The highest BCUT2D eigenvalue weighted by molar-refractivity contribution is 5.64. The van der Waals surface area contributed by atoms with Gasteiger partial charge >= 0.3 is 18.0 Å². The van der Waals surface area contributed by atoms with Gasteiger partial charge in [-0.05, 0) is 54.3 Å². The average Bonchev–Trinajstić information content (AvgIpc) is 2.75. The van der Waals surface area contributed by atoms with Gasteiger partial charge in [0.15, 0.2) is 11.5 Å². The van der Waals surface area contributed by atoms with Gasteiger partial charge in [0.1, 0.15) is 0 Å². The van der Waals surface area contributed by atoms with E-state index in [1.165, 1.54) is 19.1 Å². The van der Waals surface area contributed by atoms with Crippen molar-refractivity contribution >= 4 is 0 Å². The molecule has 0 heterocycles. The highest BCUT2D eigenvalue weighted by Gasteiger charge is 2.66. The van der Waals surface area contributed by atoms with Crippen LogP contribution in [0.1, 0.15) is 31.4 Å². The van der Waals surface area contributed by atoms with Crippen LogP contribution >= 0.6 is 0 Å². The van der Waals surface area contributed by atoms with Crippen LogP contribution in [0, 0.1) is 0 Å². The Bertz CT molecular complexity index is 992. The molecule has 2 aromatic rings. The van der Waals surface area contributed by atoms with Gasteiger partial charge in [-0.2, -0.15) is 26.3 Å². The summed E-state index contributed by atoms with van der Waals surface area (Å²) >= 11 is 0. The van der Waals surface area contributed by atoms with E-state index in [4.69, 9.17) is 0 Å². The van der Waals surface area contributed by atoms with Crippen LogP contribution in [0.3, 0.4) is 0 Å². The first-order valence-electron chi connectivity index (χ1n) is 10.1. The van der Waals surface area contributed by atoms with E-state index in [-0.39, 0.29) is 6.61 Å². The van der Waals surface area contributed by atoms with Crippen LogP contribution in [-0.2, 0) is 22.0 Å². The minimum Gasteiger partial charge on any atom is -0.492 e. The lowest BCUT2D eigenvalue weighted by molar-refractivity contribution is -0.272. The van der Waals surface area contributed by atoms with Crippen molar-refractivity contribution in [3.05, 3.63) is 83.3 Å². The number of alkyl halides is 6. The second-order valence-corrected chi connectivity index (χ2v) is 7.29. The molecule has 172 valence electrons. The molecular formula is C24H22F6O2. The van der Waals surface area contributed by atoms with E-state index < -0.39 is 35.0 Å². The smallest absolute Gasteiger partial charge is 0.426 e. The predicted molar refractivity (Wildman–Crippen MR) is 109 cm³/mol. The molecule has 32 heavy (non-hydrogen) atoms. The standard InChI is InChI=1S/C24H22F6O2/c1-3-5-16-6-8-17(9-7-16)18-10-12-19(13-11-18)24(29,30)32-21-15-14-20(31-4-2)22(25,26)23(21,27)28/h6-15H,3-5H2,1-2H3. The van der Waals surface area contributed by atoms with E-state index in [1.54, 1.807) is 0 Å². The molecule has 0 spiro atoms. The van der Waals surface area contributed by atoms with Crippen molar-refractivity contribution < 1.29 is 35.8 Å². The molecule has 0 saturated heterocycles. The van der Waals surface area contributed by atoms with Gasteiger partial charge in [-0.15, -0.1) is 0 Å². The highest BCUT2D eigenvalue weighted by atomic mass is 19.3. The summed E-state index contributed by atoms with van der Waals surface area (Å²) in [5.41, 5.74) is 1.82. The molecule has 3 rings (SSSR count). The van der Waals surface area contributed by atoms with E-state index in [1.807, 2.05) is 24.3 Å². The fraction of sp³-hybridized carbons (Fsp3) is 0.333. The van der Waals surface area contributed by atoms with Crippen molar-refractivity contribution in [2.75, 3.05) is 6.61 Å². The monoisotopic (exact) mass is 456 g/mol. The first-order valence-corrected chi connectivity index (χ1v) is 10.1. The second-order valence-electron chi connectivity index (χ2n) is 7.29.